The van der Waals surface area contributed by atoms with Crippen LogP contribution < -0.4 is 0 Å². The summed E-state index contributed by atoms with van der Waals surface area (Å²) < 4.78 is 11.2. The predicted molar refractivity (Wildman–Crippen MR) is 160 cm³/mol. The summed E-state index contributed by atoms with van der Waals surface area (Å²) in [6.07, 6.45) is 19.6. The Morgan fingerprint density at radius 2 is 1.51 bits per heavy atom. The highest BCUT2D eigenvalue weighted by Crippen LogP contribution is 2.39. The Kier molecular flexibility index (Phi) is 16.4. The molecule has 1 aliphatic heterocycles. The average molecular weight is 591 g/mol. The summed E-state index contributed by atoms with van der Waals surface area (Å²) in [6.45, 7) is 13.8. The molecule has 0 N–H and O–H groups in total. The first-order chi connectivity index (χ1) is 16.3. The maximum absolute atomic E-state index is 6.53. The van der Waals surface area contributed by atoms with E-state index >= 15 is 0 Å². The molecular formula is C28H52Cl4O2Si. The van der Waals surface area contributed by atoms with E-state index in [0.717, 1.165) is 32.1 Å². The van der Waals surface area contributed by atoms with Gasteiger partial charge in [-0.2, -0.15) is 0 Å². The summed E-state index contributed by atoms with van der Waals surface area (Å²) in [4.78, 5) is 0. The monoisotopic (exact) mass is 588 g/mol. The van der Waals surface area contributed by atoms with Crippen LogP contribution in [0.3, 0.4) is 0 Å². The molecule has 0 aromatic heterocycles. The van der Waals surface area contributed by atoms with Gasteiger partial charge in [-0.1, -0.05) is 121 Å². The van der Waals surface area contributed by atoms with Crippen molar-refractivity contribution in [2.75, 3.05) is 6.61 Å². The Labute approximate surface area is 238 Å². The SMILES string of the molecule is CCCCCC[C@@H](Cl)[C@@H](Cl)[C@H]1O[C@H]1/C=C\CCCCCCCCC(Cl)(Cl)CO[Si](C)(C)C(C)(C)C. The number of hydrogen-bond acceptors (Lipinski definition) is 2. The molecule has 0 saturated carbocycles. The smallest absolute Gasteiger partial charge is 0.192 e. The number of allylic oxidation sites excluding steroid dienone is 1. The lowest BCUT2D eigenvalue weighted by atomic mass is 10.1. The quantitative estimate of drug-likeness (QED) is 0.0463. The average Bonchev–Trinajstić information content (AvgIpc) is 3.55. The normalized spacial score (nSPS) is 21.0. The van der Waals surface area contributed by atoms with E-state index in [1.165, 1.54) is 51.4 Å². The van der Waals surface area contributed by atoms with Gasteiger partial charge in [0.25, 0.3) is 0 Å². The van der Waals surface area contributed by atoms with Crippen molar-refractivity contribution in [1.82, 2.24) is 0 Å². The molecule has 2 nitrogen and oxygen atoms in total. The summed E-state index contributed by atoms with van der Waals surface area (Å²) in [7, 11) is -1.81. The molecule has 0 aromatic rings. The number of halogens is 4. The van der Waals surface area contributed by atoms with Crippen molar-refractivity contribution in [2.45, 2.75) is 157 Å². The molecule has 0 radical (unpaired) electrons. The van der Waals surface area contributed by atoms with E-state index in [2.05, 4.69) is 52.9 Å². The zero-order valence-corrected chi connectivity index (χ0v) is 27.2. The van der Waals surface area contributed by atoms with E-state index < -0.39 is 12.7 Å². The standard InChI is InChI=1S/C28H52Cl4O2Si/c1-7-8-9-16-19-23(29)25(30)26-24(34-26)20-17-14-12-10-11-13-15-18-21-28(31,32)22-33-35(5,6)27(2,3)4/h17,20,23-26H,7-16,18-19,21-22H2,1-6H3/b20-17-/t23-,24+,25-,26+/m1/s1. The molecule has 0 aromatic carbocycles. The van der Waals surface area contributed by atoms with Gasteiger partial charge in [-0.05, 0) is 43.8 Å². The molecule has 0 bridgehead atoms. The molecule has 1 aliphatic rings. The molecule has 0 amide bonds. The number of epoxide rings is 1. The number of unbranched alkanes of at least 4 members (excludes halogenated alkanes) is 9. The molecule has 0 spiro atoms. The van der Waals surface area contributed by atoms with Gasteiger partial charge in [0.15, 0.2) is 8.32 Å². The Morgan fingerprint density at radius 1 is 0.914 bits per heavy atom. The van der Waals surface area contributed by atoms with E-state index in [1.54, 1.807) is 0 Å². The summed E-state index contributed by atoms with van der Waals surface area (Å²) >= 11 is 26.1. The van der Waals surface area contributed by atoms with Crippen LogP contribution in [0.25, 0.3) is 0 Å². The highest BCUT2D eigenvalue weighted by atomic mass is 35.5. The van der Waals surface area contributed by atoms with Crippen molar-refractivity contribution in [3.05, 3.63) is 12.2 Å². The molecular weight excluding hydrogens is 538 g/mol. The minimum absolute atomic E-state index is 0.00407. The largest absolute Gasteiger partial charge is 0.414 e. The molecule has 0 unspecified atom stereocenters. The minimum atomic E-state index is -1.81. The number of hydrogen-bond donors (Lipinski definition) is 0. The van der Waals surface area contributed by atoms with Gasteiger partial charge in [0.05, 0.1) is 17.4 Å². The van der Waals surface area contributed by atoms with Crippen LogP contribution in [0, 0.1) is 0 Å². The topological polar surface area (TPSA) is 21.8 Å². The molecule has 1 fully saturated rings. The van der Waals surface area contributed by atoms with Crippen LogP contribution in [0.15, 0.2) is 12.2 Å². The first kappa shape index (κ1) is 34.1. The van der Waals surface area contributed by atoms with E-state index in [0.29, 0.717) is 6.61 Å². The second-order valence-corrected chi connectivity index (χ2v) is 19.4. The second kappa shape index (κ2) is 16.9. The third-order valence-electron chi connectivity index (χ3n) is 7.49. The van der Waals surface area contributed by atoms with Gasteiger partial charge in [-0.25, -0.2) is 0 Å². The lowest BCUT2D eigenvalue weighted by molar-refractivity contribution is 0.267. The number of rotatable bonds is 20. The van der Waals surface area contributed by atoms with Gasteiger partial charge in [0.1, 0.15) is 16.5 Å². The van der Waals surface area contributed by atoms with Gasteiger partial charge < -0.3 is 9.16 Å². The van der Waals surface area contributed by atoms with Crippen LogP contribution in [0.4, 0.5) is 0 Å². The lowest BCUT2D eigenvalue weighted by Gasteiger charge is -2.37. The molecule has 35 heavy (non-hydrogen) atoms. The van der Waals surface area contributed by atoms with Crippen molar-refractivity contribution in [2.24, 2.45) is 0 Å². The van der Waals surface area contributed by atoms with E-state index in [9.17, 15) is 0 Å². The molecule has 208 valence electrons. The van der Waals surface area contributed by atoms with E-state index in [1.807, 2.05) is 0 Å². The predicted octanol–water partition coefficient (Wildman–Crippen LogP) is 10.8. The van der Waals surface area contributed by atoms with Crippen LogP contribution in [-0.2, 0) is 9.16 Å². The third kappa shape index (κ3) is 14.7. The zero-order valence-electron chi connectivity index (χ0n) is 23.2. The Hall–Kier alpha value is 1.04. The fraction of sp³-hybridized carbons (Fsp3) is 0.929. The Bertz CT molecular complexity index is 592. The molecule has 1 rings (SSSR count). The van der Waals surface area contributed by atoms with Crippen LogP contribution in [-0.4, -0.2) is 42.2 Å². The van der Waals surface area contributed by atoms with Crippen molar-refractivity contribution in [3.63, 3.8) is 0 Å². The highest BCUT2D eigenvalue weighted by molar-refractivity contribution is 6.74. The summed E-state index contributed by atoms with van der Waals surface area (Å²) in [5.41, 5.74) is 0. The van der Waals surface area contributed by atoms with Crippen LogP contribution in [0.5, 0.6) is 0 Å². The van der Waals surface area contributed by atoms with Gasteiger partial charge >= 0.3 is 0 Å². The van der Waals surface area contributed by atoms with Gasteiger partial charge in [0, 0.05) is 0 Å². The molecule has 4 atom stereocenters. The number of alkyl halides is 4. The van der Waals surface area contributed by atoms with Crippen LogP contribution in [0.1, 0.15) is 111 Å². The van der Waals surface area contributed by atoms with E-state index in [-0.39, 0.29) is 28.0 Å². The maximum Gasteiger partial charge on any atom is 0.192 e. The van der Waals surface area contributed by atoms with Crippen molar-refractivity contribution < 1.29 is 9.16 Å². The minimum Gasteiger partial charge on any atom is -0.414 e. The Balaban J connectivity index is 2.04. The van der Waals surface area contributed by atoms with Crippen molar-refractivity contribution in [3.8, 4) is 0 Å². The van der Waals surface area contributed by atoms with E-state index in [4.69, 9.17) is 55.6 Å². The third-order valence-corrected chi connectivity index (χ3v) is 13.7. The first-order valence-electron chi connectivity index (χ1n) is 13.9. The highest BCUT2D eigenvalue weighted by Gasteiger charge is 2.44. The van der Waals surface area contributed by atoms with Crippen molar-refractivity contribution >= 4 is 54.7 Å². The lowest BCUT2D eigenvalue weighted by Crippen LogP contribution is -2.43. The fourth-order valence-electron chi connectivity index (χ4n) is 3.84. The second-order valence-electron chi connectivity index (χ2n) is 11.9. The summed E-state index contributed by atoms with van der Waals surface area (Å²) in [5.74, 6) is 0. The van der Waals surface area contributed by atoms with Gasteiger partial charge in [0.2, 0.25) is 0 Å². The maximum atomic E-state index is 6.53. The molecule has 7 heteroatoms. The molecule has 1 saturated heterocycles. The summed E-state index contributed by atoms with van der Waals surface area (Å²) in [6, 6.07) is 0. The molecule has 0 aliphatic carbocycles. The first-order valence-corrected chi connectivity index (χ1v) is 18.5. The number of ether oxygens (including phenoxy) is 1. The molecule has 1 heterocycles. The van der Waals surface area contributed by atoms with Crippen LogP contribution in [0.2, 0.25) is 18.1 Å². The zero-order chi connectivity index (χ0) is 26.5. The van der Waals surface area contributed by atoms with Crippen molar-refractivity contribution in [1.29, 1.82) is 0 Å². The Morgan fingerprint density at radius 3 is 2.14 bits per heavy atom. The fourth-order valence-corrected chi connectivity index (χ4v) is 6.06. The summed E-state index contributed by atoms with van der Waals surface area (Å²) in [5, 5.41) is 0.0860. The van der Waals surface area contributed by atoms with Gasteiger partial charge in [-0.15, -0.1) is 23.2 Å². The van der Waals surface area contributed by atoms with Gasteiger partial charge in [-0.3, -0.25) is 0 Å². The van der Waals surface area contributed by atoms with Crippen LogP contribution >= 0.6 is 46.4 Å².